The Balaban J connectivity index is 2.00. The van der Waals surface area contributed by atoms with Gasteiger partial charge >= 0.3 is 0 Å². The first-order valence-corrected chi connectivity index (χ1v) is 7.05. The second-order valence-electron chi connectivity index (χ2n) is 4.15. The fourth-order valence-electron chi connectivity index (χ4n) is 1.67. The van der Waals surface area contributed by atoms with Crippen LogP contribution in [0.5, 0.6) is 0 Å². The smallest absolute Gasteiger partial charge is 0.0625 e. The monoisotopic (exact) mass is 241 g/mol. The van der Waals surface area contributed by atoms with Crippen LogP contribution in [0.25, 0.3) is 0 Å². The van der Waals surface area contributed by atoms with Crippen LogP contribution in [0.2, 0.25) is 0 Å². The van der Waals surface area contributed by atoms with Crippen molar-refractivity contribution in [2.24, 2.45) is 7.05 Å². The summed E-state index contributed by atoms with van der Waals surface area (Å²) in [6, 6.07) is 0.661. The zero-order valence-electron chi connectivity index (χ0n) is 10.6. The van der Waals surface area contributed by atoms with Gasteiger partial charge in [-0.1, -0.05) is 13.3 Å². The van der Waals surface area contributed by atoms with E-state index in [-0.39, 0.29) is 0 Å². The van der Waals surface area contributed by atoms with Crippen molar-refractivity contribution in [1.29, 1.82) is 0 Å². The van der Waals surface area contributed by atoms with E-state index in [9.17, 15) is 0 Å². The van der Waals surface area contributed by atoms with Crippen LogP contribution in [0, 0.1) is 0 Å². The third kappa shape index (κ3) is 5.56. The maximum Gasteiger partial charge on any atom is 0.0625 e. The maximum absolute atomic E-state index is 4.15. The van der Waals surface area contributed by atoms with Gasteiger partial charge < -0.3 is 5.32 Å². The van der Waals surface area contributed by atoms with Crippen molar-refractivity contribution in [2.45, 2.75) is 44.0 Å². The number of thioether (sulfide) groups is 1. The summed E-state index contributed by atoms with van der Waals surface area (Å²) in [4.78, 5) is 1.28. The molecule has 4 heteroatoms. The molecule has 1 N–H and O–H groups in total. The van der Waals surface area contributed by atoms with E-state index in [1.165, 1.54) is 29.9 Å². The summed E-state index contributed by atoms with van der Waals surface area (Å²) in [5.41, 5.74) is 0. The Bertz CT molecular complexity index is 286. The predicted molar refractivity (Wildman–Crippen MR) is 70.9 cm³/mol. The molecule has 0 spiro atoms. The predicted octanol–water partition coefficient (Wildman–Crippen LogP) is 2.68. The molecule has 0 aromatic carbocycles. The van der Waals surface area contributed by atoms with Crippen molar-refractivity contribution < 1.29 is 0 Å². The molecular formula is C12H23N3S. The van der Waals surface area contributed by atoms with Gasteiger partial charge in [0.15, 0.2) is 0 Å². The van der Waals surface area contributed by atoms with Crippen molar-refractivity contribution in [2.75, 3.05) is 12.3 Å². The van der Waals surface area contributed by atoms with Gasteiger partial charge in [0, 0.05) is 24.2 Å². The average Bonchev–Trinajstić information content (AvgIpc) is 2.64. The van der Waals surface area contributed by atoms with Gasteiger partial charge in [0.25, 0.3) is 0 Å². The minimum atomic E-state index is 0.661. The molecule has 1 heterocycles. The van der Waals surface area contributed by atoms with Gasteiger partial charge in [-0.25, -0.2) is 0 Å². The van der Waals surface area contributed by atoms with Gasteiger partial charge in [0.05, 0.1) is 6.20 Å². The lowest BCUT2D eigenvalue weighted by Gasteiger charge is -2.11. The Labute approximate surface area is 103 Å². The fourth-order valence-corrected chi connectivity index (χ4v) is 2.60. The minimum absolute atomic E-state index is 0.661. The van der Waals surface area contributed by atoms with Crippen molar-refractivity contribution in [3.8, 4) is 0 Å². The summed E-state index contributed by atoms with van der Waals surface area (Å²) in [7, 11) is 1.96. The van der Waals surface area contributed by atoms with Crippen molar-refractivity contribution >= 4 is 11.8 Å². The highest BCUT2D eigenvalue weighted by atomic mass is 32.2. The van der Waals surface area contributed by atoms with Crippen LogP contribution in [-0.2, 0) is 7.05 Å². The Morgan fingerprint density at radius 1 is 1.50 bits per heavy atom. The average molecular weight is 241 g/mol. The number of hydrogen-bond acceptors (Lipinski definition) is 3. The van der Waals surface area contributed by atoms with E-state index in [2.05, 4.69) is 30.5 Å². The molecule has 0 aliphatic heterocycles. The van der Waals surface area contributed by atoms with Gasteiger partial charge in [0.2, 0.25) is 0 Å². The normalized spacial score (nSPS) is 12.9. The van der Waals surface area contributed by atoms with Gasteiger partial charge in [-0.3, -0.25) is 4.68 Å². The van der Waals surface area contributed by atoms with Crippen LogP contribution in [0.15, 0.2) is 17.3 Å². The van der Waals surface area contributed by atoms with Crippen LogP contribution in [0.3, 0.4) is 0 Å². The molecule has 0 aliphatic carbocycles. The molecule has 0 amide bonds. The lowest BCUT2D eigenvalue weighted by molar-refractivity contribution is 0.510. The molecule has 3 nitrogen and oxygen atoms in total. The quantitative estimate of drug-likeness (QED) is 0.560. The Hall–Kier alpha value is -0.480. The summed E-state index contributed by atoms with van der Waals surface area (Å²) in [6.45, 7) is 5.50. The molecule has 0 bridgehead atoms. The van der Waals surface area contributed by atoms with Crippen molar-refractivity contribution in [3.05, 3.63) is 12.4 Å². The lowest BCUT2D eigenvalue weighted by Crippen LogP contribution is -2.25. The first-order valence-electron chi connectivity index (χ1n) is 6.07. The Morgan fingerprint density at radius 2 is 2.31 bits per heavy atom. The summed E-state index contributed by atoms with van der Waals surface area (Å²) in [5.74, 6) is 1.20. The van der Waals surface area contributed by atoms with E-state index in [1.54, 1.807) is 0 Å². The number of nitrogens with zero attached hydrogens (tertiary/aromatic N) is 2. The molecule has 0 aliphatic rings. The van der Waals surface area contributed by atoms with E-state index in [4.69, 9.17) is 0 Å². The standard InChI is InChI=1S/C12H23N3S/c1-4-13-11(2)7-5-6-8-16-12-9-14-15(3)10-12/h9-11,13H,4-8H2,1-3H3. The number of rotatable bonds is 8. The molecule has 16 heavy (non-hydrogen) atoms. The van der Waals surface area contributed by atoms with Crippen LogP contribution >= 0.6 is 11.8 Å². The summed E-state index contributed by atoms with van der Waals surface area (Å²) in [6.07, 6.45) is 7.88. The Morgan fingerprint density at radius 3 is 2.94 bits per heavy atom. The molecular weight excluding hydrogens is 218 g/mol. The van der Waals surface area contributed by atoms with E-state index >= 15 is 0 Å². The molecule has 1 aromatic rings. The van der Waals surface area contributed by atoms with Crippen LogP contribution in [0.4, 0.5) is 0 Å². The van der Waals surface area contributed by atoms with E-state index < -0.39 is 0 Å². The van der Waals surface area contributed by atoms with E-state index in [0.717, 1.165) is 6.54 Å². The van der Waals surface area contributed by atoms with Gasteiger partial charge in [-0.15, -0.1) is 11.8 Å². The molecule has 1 atom stereocenters. The first kappa shape index (κ1) is 13.6. The van der Waals surface area contributed by atoms with Crippen LogP contribution < -0.4 is 5.32 Å². The molecule has 0 fully saturated rings. The molecule has 1 rings (SSSR count). The number of nitrogens with one attached hydrogen (secondary N) is 1. The zero-order valence-corrected chi connectivity index (χ0v) is 11.4. The molecule has 0 radical (unpaired) electrons. The molecule has 92 valence electrons. The van der Waals surface area contributed by atoms with E-state index in [1.807, 2.05) is 29.7 Å². The molecule has 0 saturated heterocycles. The van der Waals surface area contributed by atoms with Crippen molar-refractivity contribution in [1.82, 2.24) is 15.1 Å². The van der Waals surface area contributed by atoms with E-state index in [0.29, 0.717) is 6.04 Å². The molecule has 1 aromatic heterocycles. The number of hydrogen-bond donors (Lipinski definition) is 1. The number of unbranched alkanes of at least 4 members (excludes halogenated alkanes) is 1. The summed E-state index contributed by atoms with van der Waals surface area (Å²) in [5, 5.41) is 7.59. The van der Waals surface area contributed by atoms with Gasteiger partial charge in [0.1, 0.15) is 0 Å². The third-order valence-corrected chi connectivity index (χ3v) is 3.57. The van der Waals surface area contributed by atoms with Gasteiger partial charge in [-0.05, 0) is 32.1 Å². The summed E-state index contributed by atoms with van der Waals surface area (Å²) < 4.78 is 1.86. The summed E-state index contributed by atoms with van der Waals surface area (Å²) >= 11 is 1.90. The molecule has 0 saturated carbocycles. The van der Waals surface area contributed by atoms with Gasteiger partial charge in [-0.2, -0.15) is 5.10 Å². The highest BCUT2D eigenvalue weighted by molar-refractivity contribution is 7.99. The Kier molecular flexibility index (Phi) is 6.57. The number of aromatic nitrogens is 2. The second-order valence-corrected chi connectivity index (χ2v) is 5.32. The maximum atomic E-state index is 4.15. The van der Waals surface area contributed by atoms with Crippen molar-refractivity contribution in [3.63, 3.8) is 0 Å². The highest BCUT2D eigenvalue weighted by Crippen LogP contribution is 2.18. The lowest BCUT2D eigenvalue weighted by atomic mass is 10.1. The van der Waals surface area contributed by atoms with Crippen LogP contribution in [0.1, 0.15) is 33.1 Å². The highest BCUT2D eigenvalue weighted by Gasteiger charge is 2.00. The van der Waals surface area contributed by atoms with Crippen LogP contribution in [-0.4, -0.2) is 28.1 Å². The largest absolute Gasteiger partial charge is 0.315 e. The second kappa shape index (κ2) is 7.74. The fraction of sp³-hybridized carbons (Fsp3) is 0.750. The third-order valence-electron chi connectivity index (χ3n) is 2.53. The topological polar surface area (TPSA) is 29.9 Å². The zero-order chi connectivity index (χ0) is 11.8. The number of aryl methyl sites for hydroxylation is 1. The molecule has 1 unspecified atom stereocenters. The minimum Gasteiger partial charge on any atom is -0.315 e. The first-order chi connectivity index (χ1) is 7.72. The SMILES string of the molecule is CCNC(C)CCCCSc1cnn(C)c1.